The summed E-state index contributed by atoms with van der Waals surface area (Å²) in [7, 11) is -4.07. The Labute approximate surface area is 193 Å². The Bertz CT molecular complexity index is 1350. The number of carbonyl (C=O) groups excluding carboxylic acids is 2. The molecule has 1 unspecified atom stereocenters. The zero-order valence-corrected chi connectivity index (χ0v) is 19.9. The van der Waals surface area contributed by atoms with Crippen LogP contribution in [0.3, 0.4) is 0 Å². The molecule has 1 N–H and O–H groups in total. The second-order valence-corrected chi connectivity index (χ2v) is 10.9. The van der Waals surface area contributed by atoms with Crippen LogP contribution >= 0.6 is 0 Å². The molecular formula is C25H27N3O4S. The number of rotatable bonds is 5. The lowest BCUT2D eigenvalue weighted by molar-refractivity contribution is -0.138. The predicted molar refractivity (Wildman–Crippen MR) is 127 cm³/mol. The van der Waals surface area contributed by atoms with Gasteiger partial charge in [-0.3, -0.25) is 24.2 Å². The first kappa shape index (κ1) is 22.9. The van der Waals surface area contributed by atoms with Crippen LogP contribution in [0.4, 0.5) is 5.69 Å². The van der Waals surface area contributed by atoms with E-state index < -0.39 is 15.9 Å². The summed E-state index contributed by atoms with van der Waals surface area (Å²) in [6.45, 7) is 8.03. The number of imide groups is 1. The zero-order valence-electron chi connectivity index (χ0n) is 19.1. The van der Waals surface area contributed by atoms with E-state index in [1.54, 1.807) is 43.5 Å². The highest BCUT2D eigenvalue weighted by molar-refractivity contribution is 7.92. The monoisotopic (exact) mass is 465 g/mol. The summed E-state index contributed by atoms with van der Waals surface area (Å²) in [5.41, 5.74) is 1.85. The Hall–Kier alpha value is -3.26. The zero-order chi connectivity index (χ0) is 24.0. The minimum atomic E-state index is -4.07. The molecule has 1 aliphatic rings. The molecule has 0 radical (unpaired) electrons. The molecule has 8 heteroatoms. The molecule has 1 saturated heterocycles. The number of sulfonamides is 1. The smallest absolute Gasteiger partial charge is 0.262 e. The van der Waals surface area contributed by atoms with Crippen LogP contribution in [0, 0.1) is 0 Å². The quantitative estimate of drug-likeness (QED) is 0.570. The van der Waals surface area contributed by atoms with Gasteiger partial charge in [-0.1, -0.05) is 51.1 Å². The first-order chi connectivity index (χ1) is 15.5. The van der Waals surface area contributed by atoms with Crippen LogP contribution in [0.15, 0.2) is 59.6 Å². The number of hydrogen-bond acceptors (Lipinski definition) is 5. The number of hydrogen-bond donors (Lipinski definition) is 1. The third-order valence-corrected chi connectivity index (χ3v) is 7.42. The minimum absolute atomic E-state index is 0.00691. The Balaban J connectivity index is 1.84. The topological polar surface area (TPSA) is 96.4 Å². The Kier molecular flexibility index (Phi) is 5.74. The third kappa shape index (κ3) is 4.23. The first-order valence-electron chi connectivity index (χ1n) is 10.9. The number of anilines is 1. The number of pyridine rings is 1. The van der Waals surface area contributed by atoms with E-state index in [2.05, 4.69) is 9.71 Å². The van der Waals surface area contributed by atoms with Crippen molar-refractivity contribution in [2.75, 3.05) is 11.3 Å². The molecule has 0 bridgehead atoms. The normalized spacial score (nSPS) is 17.1. The standard InChI is InChI=1S/C25H27N3O4S/c1-5-28-22(29)15-19(24(28)30)18-14-17(25(2,3)4)11-12-21(18)33(31,32)27-20-10-6-8-16-9-7-13-26-23(16)20/h6-14,19,27H,5,15H2,1-4H3. The summed E-state index contributed by atoms with van der Waals surface area (Å²) in [5, 5.41) is 0.802. The van der Waals surface area contributed by atoms with Gasteiger partial charge in [-0.2, -0.15) is 0 Å². The molecule has 1 aromatic heterocycles. The van der Waals surface area contributed by atoms with Crippen molar-refractivity contribution >= 4 is 38.4 Å². The average Bonchev–Trinajstić information content (AvgIpc) is 3.05. The van der Waals surface area contributed by atoms with Crippen molar-refractivity contribution in [1.82, 2.24) is 9.88 Å². The molecule has 2 heterocycles. The van der Waals surface area contributed by atoms with Gasteiger partial charge in [-0.25, -0.2) is 8.42 Å². The van der Waals surface area contributed by atoms with E-state index in [4.69, 9.17) is 0 Å². The summed E-state index contributed by atoms with van der Waals surface area (Å²) >= 11 is 0. The molecule has 4 rings (SSSR count). The fourth-order valence-corrected chi connectivity index (χ4v) is 5.50. The first-order valence-corrected chi connectivity index (χ1v) is 12.4. The molecule has 0 saturated carbocycles. The number of aromatic nitrogens is 1. The van der Waals surface area contributed by atoms with Crippen LogP contribution in [0.25, 0.3) is 10.9 Å². The van der Waals surface area contributed by atoms with Gasteiger partial charge in [-0.05, 0) is 41.7 Å². The molecule has 2 amide bonds. The number of benzene rings is 2. The maximum Gasteiger partial charge on any atom is 0.262 e. The van der Waals surface area contributed by atoms with Crippen molar-refractivity contribution in [2.24, 2.45) is 0 Å². The number of nitrogens with zero attached hydrogens (tertiary/aromatic N) is 2. The minimum Gasteiger partial charge on any atom is -0.282 e. The van der Waals surface area contributed by atoms with Crippen LogP contribution in [0.2, 0.25) is 0 Å². The van der Waals surface area contributed by atoms with Crippen LogP contribution < -0.4 is 4.72 Å². The summed E-state index contributed by atoms with van der Waals surface area (Å²) < 4.78 is 29.8. The van der Waals surface area contributed by atoms with Gasteiger partial charge in [-0.15, -0.1) is 0 Å². The molecule has 172 valence electrons. The number of para-hydroxylation sites is 1. The molecule has 1 aliphatic heterocycles. The Morgan fingerprint density at radius 2 is 1.82 bits per heavy atom. The molecule has 1 fully saturated rings. The van der Waals surface area contributed by atoms with Crippen molar-refractivity contribution in [3.63, 3.8) is 0 Å². The highest BCUT2D eigenvalue weighted by atomic mass is 32.2. The number of nitrogens with one attached hydrogen (secondary N) is 1. The summed E-state index contributed by atoms with van der Waals surface area (Å²) in [6, 6.07) is 13.9. The van der Waals surface area contributed by atoms with E-state index >= 15 is 0 Å². The summed E-state index contributed by atoms with van der Waals surface area (Å²) in [5.74, 6) is -1.49. The van der Waals surface area contributed by atoms with E-state index in [0.717, 1.165) is 10.9 Å². The summed E-state index contributed by atoms with van der Waals surface area (Å²) in [4.78, 5) is 30.9. The van der Waals surface area contributed by atoms with Crippen LogP contribution in [-0.4, -0.2) is 36.7 Å². The average molecular weight is 466 g/mol. The molecular weight excluding hydrogens is 438 g/mol. The van der Waals surface area contributed by atoms with Crippen LogP contribution in [0.1, 0.15) is 51.2 Å². The SMILES string of the molecule is CCN1C(=O)CC(c2cc(C(C)(C)C)ccc2S(=O)(=O)Nc2cccc3cccnc23)C1=O. The van der Waals surface area contributed by atoms with Crippen molar-refractivity contribution in [3.8, 4) is 0 Å². The highest BCUT2D eigenvalue weighted by Crippen LogP contribution is 2.37. The van der Waals surface area contributed by atoms with Gasteiger partial charge in [0, 0.05) is 24.5 Å². The third-order valence-electron chi connectivity index (χ3n) is 5.98. The van der Waals surface area contributed by atoms with Crippen molar-refractivity contribution in [1.29, 1.82) is 0 Å². The van der Waals surface area contributed by atoms with Crippen molar-refractivity contribution < 1.29 is 18.0 Å². The number of carbonyl (C=O) groups is 2. The van der Waals surface area contributed by atoms with Gasteiger partial charge in [0.2, 0.25) is 11.8 Å². The molecule has 2 aromatic carbocycles. The van der Waals surface area contributed by atoms with E-state index in [-0.39, 0.29) is 35.1 Å². The summed E-state index contributed by atoms with van der Waals surface area (Å²) in [6.07, 6.45) is 1.56. The predicted octanol–water partition coefficient (Wildman–Crippen LogP) is 4.20. The lowest BCUT2D eigenvalue weighted by atomic mass is 9.84. The number of likely N-dealkylation sites (tertiary alicyclic amines) is 1. The van der Waals surface area contributed by atoms with Gasteiger partial charge in [0.25, 0.3) is 10.0 Å². The van der Waals surface area contributed by atoms with E-state index in [9.17, 15) is 18.0 Å². The molecule has 1 atom stereocenters. The van der Waals surface area contributed by atoms with E-state index in [0.29, 0.717) is 16.8 Å². The lowest BCUT2D eigenvalue weighted by Gasteiger charge is -2.23. The maximum atomic E-state index is 13.6. The Morgan fingerprint density at radius 1 is 1.09 bits per heavy atom. The molecule has 3 aromatic rings. The van der Waals surface area contributed by atoms with Crippen LogP contribution in [0.5, 0.6) is 0 Å². The largest absolute Gasteiger partial charge is 0.282 e. The van der Waals surface area contributed by atoms with Gasteiger partial charge < -0.3 is 0 Å². The molecule has 33 heavy (non-hydrogen) atoms. The van der Waals surface area contributed by atoms with Gasteiger partial charge in [0.15, 0.2) is 0 Å². The highest BCUT2D eigenvalue weighted by Gasteiger charge is 2.41. The number of fused-ring (bicyclic) bond motifs is 1. The van der Waals surface area contributed by atoms with Gasteiger partial charge in [0.1, 0.15) is 0 Å². The molecule has 0 spiro atoms. The second kappa shape index (κ2) is 8.26. The number of likely N-dealkylation sites (N-methyl/N-ethyl adjacent to an activating group) is 1. The van der Waals surface area contributed by atoms with Gasteiger partial charge in [0.05, 0.1) is 22.0 Å². The maximum absolute atomic E-state index is 13.6. The fraction of sp³-hybridized carbons (Fsp3) is 0.320. The molecule has 7 nitrogen and oxygen atoms in total. The number of amides is 2. The second-order valence-electron chi connectivity index (χ2n) is 9.22. The van der Waals surface area contributed by atoms with Gasteiger partial charge >= 0.3 is 0 Å². The fourth-order valence-electron chi connectivity index (χ4n) is 4.18. The van der Waals surface area contributed by atoms with Crippen LogP contribution in [-0.2, 0) is 25.0 Å². The van der Waals surface area contributed by atoms with E-state index in [1.807, 2.05) is 32.9 Å². The van der Waals surface area contributed by atoms with E-state index in [1.165, 1.54) is 11.0 Å². The van der Waals surface area contributed by atoms with Crippen molar-refractivity contribution in [2.45, 2.75) is 50.3 Å². The Morgan fingerprint density at radius 3 is 2.48 bits per heavy atom. The molecule has 0 aliphatic carbocycles. The van der Waals surface area contributed by atoms with Crippen molar-refractivity contribution in [3.05, 3.63) is 65.9 Å². The lowest BCUT2D eigenvalue weighted by Crippen LogP contribution is -2.30.